The Morgan fingerprint density at radius 2 is 2.22 bits per heavy atom. The highest BCUT2D eigenvalue weighted by Crippen LogP contribution is 2.16. The van der Waals surface area contributed by atoms with Crippen LogP contribution in [0, 0.1) is 0 Å². The van der Waals surface area contributed by atoms with Crippen LogP contribution >= 0.6 is 0 Å². The third kappa shape index (κ3) is 3.96. The van der Waals surface area contributed by atoms with Gasteiger partial charge in [-0.2, -0.15) is 0 Å². The Kier molecular flexibility index (Phi) is 4.96. The third-order valence-corrected chi connectivity index (χ3v) is 3.12. The Hall–Kier alpha value is -1.13. The van der Waals surface area contributed by atoms with Crippen LogP contribution in [0.5, 0.6) is 5.88 Å². The molecular weight excluding hydrogens is 226 g/mol. The van der Waals surface area contributed by atoms with Gasteiger partial charge in [0.2, 0.25) is 5.88 Å². The lowest BCUT2D eigenvalue weighted by molar-refractivity contribution is 0.229. The Bertz CT molecular complexity index is 362. The van der Waals surface area contributed by atoms with E-state index in [4.69, 9.17) is 4.74 Å². The van der Waals surface area contributed by atoms with E-state index >= 15 is 0 Å². The molecule has 1 aliphatic rings. The van der Waals surface area contributed by atoms with Crippen LogP contribution in [0.15, 0.2) is 18.3 Å². The molecule has 2 N–H and O–H groups in total. The molecule has 1 fully saturated rings. The summed E-state index contributed by atoms with van der Waals surface area (Å²) in [6.07, 6.45) is 4.34. The number of pyridine rings is 1. The highest BCUT2D eigenvalue weighted by atomic mass is 16.5. The second kappa shape index (κ2) is 6.71. The number of rotatable bonds is 5. The molecule has 18 heavy (non-hydrogen) atoms. The summed E-state index contributed by atoms with van der Waals surface area (Å²) in [6.45, 7) is 7.11. The van der Waals surface area contributed by atoms with E-state index in [0.717, 1.165) is 31.1 Å². The summed E-state index contributed by atoms with van der Waals surface area (Å²) >= 11 is 0. The second-order valence-electron chi connectivity index (χ2n) is 5.04. The van der Waals surface area contributed by atoms with Gasteiger partial charge in [-0.25, -0.2) is 4.98 Å². The Labute approximate surface area is 109 Å². The van der Waals surface area contributed by atoms with Gasteiger partial charge in [0.15, 0.2) is 0 Å². The van der Waals surface area contributed by atoms with Crippen molar-refractivity contribution in [2.75, 3.05) is 13.1 Å². The number of aromatic nitrogens is 1. The first kappa shape index (κ1) is 13.3. The van der Waals surface area contributed by atoms with Gasteiger partial charge >= 0.3 is 0 Å². The van der Waals surface area contributed by atoms with Crippen LogP contribution in [-0.2, 0) is 6.54 Å². The number of nitrogens with zero attached hydrogens (tertiary/aromatic N) is 1. The van der Waals surface area contributed by atoms with Gasteiger partial charge in [0, 0.05) is 24.3 Å². The maximum Gasteiger partial charge on any atom is 0.218 e. The van der Waals surface area contributed by atoms with Gasteiger partial charge in [0.05, 0.1) is 6.10 Å². The summed E-state index contributed by atoms with van der Waals surface area (Å²) < 4.78 is 5.72. The molecule has 0 aliphatic carbocycles. The smallest absolute Gasteiger partial charge is 0.218 e. The zero-order chi connectivity index (χ0) is 12.8. The van der Waals surface area contributed by atoms with Gasteiger partial charge in [-0.3, -0.25) is 0 Å². The fourth-order valence-electron chi connectivity index (χ4n) is 2.17. The minimum atomic E-state index is 0.164. The lowest BCUT2D eigenvalue weighted by atomic mass is 10.1. The molecule has 2 heterocycles. The average molecular weight is 249 g/mol. The van der Waals surface area contributed by atoms with Crippen molar-refractivity contribution in [3.63, 3.8) is 0 Å². The molecule has 0 spiro atoms. The molecule has 1 aromatic rings. The average Bonchev–Trinajstić information content (AvgIpc) is 2.38. The van der Waals surface area contributed by atoms with E-state index in [1.165, 1.54) is 12.8 Å². The van der Waals surface area contributed by atoms with E-state index in [0.29, 0.717) is 6.04 Å². The molecule has 1 saturated heterocycles. The second-order valence-corrected chi connectivity index (χ2v) is 5.04. The number of piperidine rings is 1. The van der Waals surface area contributed by atoms with Crippen molar-refractivity contribution in [3.8, 4) is 5.88 Å². The highest BCUT2D eigenvalue weighted by molar-refractivity contribution is 5.25. The van der Waals surface area contributed by atoms with E-state index in [2.05, 4.69) is 21.7 Å². The van der Waals surface area contributed by atoms with E-state index in [-0.39, 0.29) is 6.10 Å². The fourth-order valence-corrected chi connectivity index (χ4v) is 2.17. The Morgan fingerprint density at radius 3 is 2.94 bits per heavy atom. The van der Waals surface area contributed by atoms with Crippen LogP contribution in [0.2, 0.25) is 0 Å². The lowest BCUT2D eigenvalue weighted by Crippen LogP contribution is -2.39. The zero-order valence-corrected chi connectivity index (χ0v) is 11.3. The molecule has 2 rings (SSSR count). The van der Waals surface area contributed by atoms with Crippen molar-refractivity contribution in [1.29, 1.82) is 0 Å². The van der Waals surface area contributed by atoms with Gasteiger partial charge in [0.25, 0.3) is 0 Å². The third-order valence-electron chi connectivity index (χ3n) is 3.12. The minimum absolute atomic E-state index is 0.164. The molecule has 100 valence electrons. The molecule has 4 heteroatoms. The van der Waals surface area contributed by atoms with Crippen molar-refractivity contribution >= 4 is 0 Å². The first-order valence-corrected chi connectivity index (χ1v) is 6.80. The first-order chi connectivity index (χ1) is 8.75. The van der Waals surface area contributed by atoms with Crippen molar-refractivity contribution < 1.29 is 4.74 Å². The zero-order valence-electron chi connectivity index (χ0n) is 11.3. The molecule has 0 unspecified atom stereocenters. The Morgan fingerprint density at radius 1 is 1.44 bits per heavy atom. The van der Waals surface area contributed by atoms with E-state index in [1.807, 2.05) is 19.9 Å². The molecule has 0 saturated carbocycles. The fraction of sp³-hybridized carbons (Fsp3) is 0.643. The molecular formula is C14H23N3O. The van der Waals surface area contributed by atoms with Crippen molar-refractivity contribution in [3.05, 3.63) is 23.9 Å². The van der Waals surface area contributed by atoms with Crippen LogP contribution in [-0.4, -0.2) is 30.2 Å². The molecule has 0 atom stereocenters. The summed E-state index contributed by atoms with van der Waals surface area (Å²) in [5, 5.41) is 6.96. The van der Waals surface area contributed by atoms with Crippen molar-refractivity contribution in [2.45, 2.75) is 45.4 Å². The van der Waals surface area contributed by atoms with E-state index < -0.39 is 0 Å². The normalized spacial score (nSPS) is 17.1. The van der Waals surface area contributed by atoms with Crippen molar-refractivity contribution in [2.24, 2.45) is 0 Å². The predicted octanol–water partition coefficient (Wildman–Crippen LogP) is 1.71. The highest BCUT2D eigenvalue weighted by Gasteiger charge is 2.13. The quantitative estimate of drug-likeness (QED) is 0.834. The van der Waals surface area contributed by atoms with Gasteiger partial charge < -0.3 is 15.4 Å². The molecule has 0 amide bonds. The minimum Gasteiger partial charge on any atom is -0.475 e. The summed E-state index contributed by atoms with van der Waals surface area (Å²) in [6, 6.07) is 4.66. The maximum atomic E-state index is 5.72. The standard InChI is InChI=1S/C14H23N3O/c1-11(2)18-14-12(4-3-7-16-14)10-17-13-5-8-15-9-6-13/h3-4,7,11,13,15,17H,5-6,8-10H2,1-2H3. The summed E-state index contributed by atoms with van der Waals surface area (Å²) in [5.41, 5.74) is 1.14. The van der Waals surface area contributed by atoms with Crippen LogP contribution in [0.4, 0.5) is 0 Å². The predicted molar refractivity (Wildman–Crippen MR) is 72.7 cm³/mol. The molecule has 0 bridgehead atoms. The van der Waals surface area contributed by atoms with Crippen LogP contribution in [0.25, 0.3) is 0 Å². The Balaban J connectivity index is 1.91. The van der Waals surface area contributed by atoms with Crippen LogP contribution < -0.4 is 15.4 Å². The number of nitrogens with one attached hydrogen (secondary N) is 2. The number of ether oxygens (including phenoxy) is 1. The number of hydrogen-bond donors (Lipinski definition) is 2. The van der Waals surface area contributed by atoms with Gasteiger partial charge in [-0.1, -0.05) is 6.07 Å². The molecule has 4 nitrogen and oxygen atoms in total. The largest absolute Gasteiger partial charge is 0.475 e. The molecule has 1 aliphatic heterocycles. The lowest BCUT2D eigenvalue weighted by Gasteiger charge is -2.24. The maximum absolute atomic E-state index is 5.72. The summed E-state index contributed by atoms with van der Waals surface area (Å²) in [7, 11) is 0. The molecule has 1 aromatic heterocycles. The SMILES string of the molecule is CC(C)Oc1ncccc1CNC1CCNCC1. The van der Waals surface area contributed by atoms with Crippen LogP contribution in [0.1, 0.15) is 32.3 Å². The molecule has 0 aromatic carbocycles. The monoisotopic (exact) mass is 249 g/mol. The van der Waals surface area contributed by atoms with Crippen molar-refractivity contribution in [1.82, 2.24) is 15.6 Å². The van der Waals surface area contributed by atoms with Crippen LogP contribution in [0.3, 0.4) is 0 Å². The summed E-state index contributed by atoms with van der Waals surface area (Å²) in [4.78, 5) is 4.31. The van der Waals surface area contributed by atoms with Gasteiger partial charge in [-0.15, -0.1) is 0 Å². The van der Waals surface area contributed by atoms with Gasteiger partial charge in [0.1, 0.15) is 0 Å². The number of hydrogen-bond acceptors (Lipinski definition) is 4. The first-order valence-electron chi connectivity index (χ1n) is 6.80. The van der Waals surface area contributed by atoms with E-state index in [1.54, 1.807) is 6.20 Å². The summed E-state index contributed by atoms with van der Waals surface area (Å²) in [5.74, 6) is 0.758. The van der Waals surface area contributed by atoms with Gasteiger partial charge in [-0.05, 0) is 45.8 Å². The topological polar surface area (TPSA) is 46.2 Å². The molecule has 0 radical (unpaired) electrons. The van der Waals surface area contributed by atoms with E-state index in [9.17, 15) is 0 Å².